The second-order valence-electron chi connectivity index (χ2n) is 2.90. The van der Waals surface area contributed by atoms with Crippen molar-refractivity contribution in [3.05, 3.63) is 12.2 Å². The molecular formula is C8H16N2O. The highest BCUT2D eigenvalue weighted by Crippen LogP contribution is 1.82. The Morgan fingerprint density at radius 2 is 1.82 bits per heavy atom. The van der Waals surface area contributed by atoms with E-state index in [2.05, 4.69) is 0 Å². The van der Waals surface area contributed by atoms with Crippen LogP contribution in [0.4, 0.5) is 0 Å². The van der Waals surface area contributed by atoms with Gasteiger partial charge in [-0.25, -0.2) is 0 Å². The Bertz CT molecular complexity index is 150. The fourth-order valence-corrected chi connectivity index (χ4v) is 0.513. The van der Waals surface area contributed by atoms with E-state index in [9.17, 15) is 4.79 Å². The van der Waals surface area contributed by atoms with E-state index in [1.807, 2.05) is 25.1 Å². The lowest BCUT2D eigenvalue weighted by Crippen LogP contribution is -2.19. The monoisotopic (exact) mass is 156 g/mol. The Balaban J connectivity index is 3.66. The highest BCUT2D eigenvalue weighted by atomic mass is 16.2. The molecular weight excluding hydrogens is 140 g/mol. The van der Waals surface area contributed by atoms with Crippen LogP contribution in [-0.4, -0.2) is 50.4 Å². The molecule has 0 aromatic rings. The first-order valence-corrected chi connectivity index (χ1v) is 3.56. The van der Waals surface area contributed by atoms with Gasteiger partial charge in [0.2, 0.25) is 5.91 Å². The lowest BCUT2D eigenvalue weighted by Gasteiger charge is -2.06. The molecule has 0 radical (unpaired) electrons. The Morgan fingerprint density at radius 3 is 2.18 bits per heavy atom. The van der Waals surface area contributed by atoms with Crippen molar-refractivity contribution in [3.63, 3.8) is 0 Å². The van der Waals surface area contributed by atoms with Crippen LogP contribution in [0.1, 0.15) is 0 Å². The fraction of sp³-hybridized carbons (Fsp3) is 0.625. The highest BCUT2D eigenvalue weighted by molar-refractivity contribution is 5.87. The minimum absolute atomic E-state index is 0.0341. The van der Waals surface area contributed by atoms with Crippen LogP contribution >= 0.6 is 0 Å². The van der Waals surface area contributed by atoms with Gasteiger partial charge in [0, 0.05) is 26.7 Å². The van der Waals surface area contributed by atoms with Crippen LogP contribution in [-0.2, 0) is 4.79 Å². The van der Waals surface area contributed by atoms with Gasteiger partial charge in [0.15, 0.2) is 0 Å². The lowest BCUT2D eigenvalue weighted by atomic mass is 10.4. The molecule has 0 unspecified atom stereocenters. The zero-order chi connectivity index (χ0) is 8.85. The third-order valence-corrected chi connectivity index (χ3v) is 1.17. The SMILES string of the molecule is CN(C)C/C=C/C(=O)N(C)C. The molecule has 0 aliphatic carbocycles. The van der Waals surface area contributed by atoms with Crippen LogP contribution in [0.25, 0.3) is 0 Å². The van der Waals surface area contributed by atoms with Crippen molar-refractivity contribution in [2.75, 3.05) is 34.7 Å². The molecule has 0 aromatic heterocycles. The number of amides is 1. The van der Waals surface area contributed by atoms with Gasteiger partial charge in [-0.1, -0.05) is 6.08 Å². The number of nitrogens with zero attached hydrogens (tertiary/aromatic N) is 2. The maximum Gasteiger partial charge on any atom is 0.245 e. The van der Waals surface area contributed by atoms with Crippen molar-refractivity contribution in [1.82, 2.24) is 9.80 Å². The van der Waals surface area contributed by atoms with Gasteiger partial charge in [-0.3, -0.25) is 4.79 Å². The predicted molar refractivity (Wildman–Crippen MR) is 46.4 cm³/mol. The van der Waals surface area contributed by atoms with E-state index in [1.165, 1.54) is 0 Å². The molecule has 64 valence electrons. The van der Waals surface area contributed by atoms with Crippen molar-refractivity contribution < 1.29 is 4.79 Å². The fourth-order valence-electron chi connectivity index (χ4n) is 0.513. The second-order valence-corrected chi connectivity index (χ2v) is 2.90. The predicted octanol–water partition coefficient (Wildman–Crippen LogP) is 0.192. The minimum atomic E-state index is 0.0341. The van der Waals surface area contributed by atoms with Gasteiger partial charge in [-0.15, -0.1) is 0 Å². The van der Waals surface area contributed by atoms with Crippen LogP contribution in [0.2, 0.25) is 0 Å². The quantitative estimate of drug-likeness (QED) is 0.545. The molecule has 0 aromatic carbocycles. The van der Waals surface area contributed by atoms with Crippen molar-refractivity contribution in [2.45, 2.75) is 0 Å². The largest absolute Gasteiger partial charge is 0.345 e. The standard InChI is InChI=1S/C8H16N2O/c1-9(2)7-5-6-8(11)10(3)4/h5-6H,7H2,1-4H3/b6-5+. The molecule has 0 aliphatic heterocycles. The van der Waals surface area contributed by atoms with Crippen molar-refractivity contribution >= 4 is 5.91 Å². The van der Waals surface area contributed by atoms with E-state index in [0.717, 1.165) is 6.54 Å². The topological polar surface area (TPSA) is 23.6 Å². The number of hydrogen-bond donors (Lipinski definition) is 0. The zero-order valence-electron chi connectivity index (χ0n) is 7.66. The van der Waals surface area contributed by atoms with Gasteiger partial charge >= 0.3 is 0 Å². The van der Waals surface area contributed by atoms with Crippen LogP contribution in [0.5, 0.6) is 0 Å². The Kier molecular flexibility index (Phi) is 4.54. The maximum atomic E-state index is 10.9. The molecule has 3 nitrogen and oxygen atoms in total. The van der Waals surface area contributed by atoms with Gasteiger partial charge in [-0.05, 0) is 14.1 Å². The molecule has 0 saturated carbocycles. The molecule has 0 atom stereocenters. The molecule has 0 fully saturated rings. The average Bonchev–Trinajstić information content (AvgIpc) is 1.86. The van der Waals surface area contributed by atoms with Crippen LogP contribution < -0.4 is 0 Å². The van der Waals surface area contributed by atoms with Gasteiger partial charge in [-0.2, -0.15) is 0 Å². The molecule has 0 N–H and O–H groups in total. The van der Waals surface area contributed by atoms with E-state index in [1.54, 1.807) is 25.1 Å². The summed E-state index contributed by atoms with van der Waals surface area (Å²) in [7, 11) is 7.40. The van der Waals surface area contributed by atoms with Crippen molar-refractivity contribution in [3.8, 4) is 0 Å². The van der Waals surface area contributed by atoms with Gasteiger partial charge in [0.05, 0.1) is 0 Å². The van der Waals surface area contributed by atoms with E-state index < -0.39 is 0 Å². The van der Waals surface area contributed by atoms with E-state index in [-0.39, 0.29) is 5.91 Å². The molecule has 0 saturated heterocycles. The maximum absolute atomic E-state index is 10.9. The first-order valence-electron chi connectivity index (χ1n) is 3.56. The second kappa shape index (κ2) is 4.91. The summed E-state index contributed by atoms with van der Waals surface area (Å²) >= 11 is 0. The molecule has 3 heteroatoms. The van der Waals surface area contributed by atoms with Gasteiger partial charge in [0.1, 0.15) is 0 Å². The first kappa shape index (κ1) is 10.2. The third-order valence-electron chi connectivity index (χ3n) is 1.17. The van der Waals surface area contributed by atoms with Crippen LogP contribution in [0.15, 0.2) is 12.2 Å². The number of likely N-dealkylation sites (N-methyl/N-ethyl adjacent to an activating group) is 2. The summed E-state index contributed by atoms with van der Waals surface area (Å²) in [5.74, 6) is 0.0341. The third kappa shape index (κ3) is 5.61. The average molecular weight is 156 g/mol. The van der Waals surface area contributed by atoms with E-state index in [0.29, 0.717) is 0 Å². The summed E-state index contributed by atoms with van der Waals surface area (Å²) in [4.78, 5) is 14.5. The summed E-state index contributed by atoms with van der Waals surface area (Å²) in [6, 6.07) is 0. The zero-order valence-corrected chi connectivity index (χ0v) is 7.66. The molecule has 0 rings (SSSR count). The Hall–Kier alpha value is -0.830. The van der Waals surface area contributed by atoms with Crippen molar-refractivity contribution in [1.29, 1.82) is 0 Å². The molecule has 0 aliphatic rings. The Labute approximate surface area is 68.3 Å². The minimum Gasteiger partial charge on any atom is -0.345 e. The smallest absolute Gasteiger partial charge is 0.245 e. The summed E-state index contributed by atoms with van der Waals surface area (Å²) in [5, 5.41) is 0. The van der Waals surface area contributed by atoms with Crippen LogP contribution in [0.3, 0.4) is 0 Å². The summed E-state index contributed by atoms with van der Waals surface area (Å²) < 4.78 is 0. The number of rotatable bonds is 3. The summed E-state index contributed by atoms with van der Waals surface area (Å²) in [6.07, 6.45) is 3.43. The van der Waals surface area contributed by atoms with Gasteiger partial charge < -0.3 is 9.80 Å². The molecule has 1 amide bonds. The number of hydrogen-bond acceptors (Lipinski definition) is 2. The van der Waals surface area contributed by atoms with Crippen LogP contribution in [0, 0.1) is 0 Å². The lowest BCUT2D eigenvalue weighted by molar-refractivity contribution is -0.123. The molecule has 0 spiro atoms. The highest BCUT2D eigenvalue weighted by Gasteiger charge is 1.95. The molecule has 11 heavy (non-hydrogen) atoms. The molecule has 0 heterocycles. The van der Waals surface area contributed by atoms with Gasteiger partial charge in [0.25, 0.3) is 0 Å². The number of carbonyl (C=O) groups excluding carboxylic acids is 1. The van der Waals surface area contributed by atoms with Crippen molar-refractivity contribution in [2.24, 2.45) is 0 Å². The number of carbonyl (C=O) groups is 1. The Morgan fingerprint density at radius 1 is 1.27 bits per heavy atom. The normalized spacial score (nSPS) is 11.0. The van der Waals surface area contributed by atoms with E-state index >= 15 is 0 Å². The molecule has 0 bridgehead atoms. The first-order chi connectivity index (χ1) is 5.04. The van der Waals surface area contributed by atoms with E-state index in [4.69, 9.17) is 0 Å². The summed E-state index contributed by atoms with van der Waals surface area (Å²) in [5.41, 5.74) is 0. The summed E-state index contributed by atoms with van der Waals surface area (Å²) in [6.45, 7) is 0.805.